The average Bonchev–Trinajstić information content (AvgIpc) is 2.67. The molecule has 3 rings (SSSR count). The fourth-order valence-electron chi connectivity index (χ4n) is 3.09. The van der Waals surface area contributed by atoms with Gasteiger partial charge in [0.25, 0.3) is 0 Å². The second-order valence-electron chi connectivity index (χ2n) is 6.82. The van der Waals surface area contributed by atoms with E-state index in [1.54, 1.807) is 17.0 Å². The van der Waals surface area contributed by atoms with Gasteiger partial charge in [-0.3, -0.25) is 4.79 Å². The van der Waals surface area contributed by atoms with Crippen LogP contribution in [0, 0.1) is 19.7 Å². The van der Waals surface area contributed by atoms with E-state index in [4.69, 9.17) is 0 Å². The largest absolute Gasteiger partial charge is 0.312 e. The Labute approximate surface area is 160 Å². The molecule has 0 saturated carbocycles. The van der Waals surface area contributed by atoms with Gasteiger partial charge >= 0.3 is 0 Å². The van der Waals surface area contributed by atoms with Crippen LogP contribution in [0.15, 0.2) is 72.8 Å². The van der Waals surface area contributed by atoms with Crippen molar-refractivity contribution in [3.63, 3.8) is 0 Å². The van der Waals surface area contributed by atoms with Gasteiger partial charge in [0.2, 0.25) is 5.91 Å². The summed E-state index contributed by atoms with van der Waals surface area (Å²) in [5.74, 6) is -0.214. The van der Waals surface area contributed by atoms with Crippen LogP contribution in [0.5, 0.6) is 0 Å². The molecule has 0 atom stereocenters. The molecular formula is C24H24FNO. The van der Waals surface area contributed by atoms with Crippen LogP contribution in [-0.4, -0.2) is 12.5 Å². The van der Waals surface area contributed by atoms with Crippen LogP contribution in [0.25, 0.3) is 0 Å². The highest BCUT2D eigenvalue weighted by molar-refractivity contribution is 5.94. The Morgan fingerprint density at radius 3 is 2.30 bits per heavy atom. The number of hydrogen-bond acceptors (Lipinski definition) is 1. The molecule has 0 bridgehead atoms. The molecule has 1 amide bonds. The third-order valence-corrected chi connectivity index (χ3v) is 4.86. The normalized spacial score (nSPS) is 10.6. The quantitative estimate of drug-likeness (QED) is 0.586. The number of rotatable bonds is 6. The van der Waals surface area contributed by atoms with Crippen LogP contribution in [0.3, 0.4) is 0 Å². The molecule has 0 saturated heterocycles. The Bertz CT molecular complexity index is 921. The van der Waals surface area contributed by atoms with Crippen molar-refractivity contribution >= 4 is 11.6 Å². The van der Waals surface area contributed by atoms with E-state index in [1.807, 2.05) is 61.5 Å². The van der Waals surface area contributed by atoms with Gasteiger partial charge in [0.1, 0.15) is 5.82 Å². The summed E-state index contributed by atoms with van der Waals surface area (Å²) in [6, 6.07) is 22.5. The van der Waals surface area contributed by atoms with Crippen LogP contribution >= 0.6 is 0 Å². The van der Waals surface area contributed by atoms with Gasteiger partial charge in [0.05, 0.1) is 6.42 Å². The van der Waals surface area contributed by atoms with Gasteiger partial charge < -0.3 is 4.90 Å². The van der Waals surface area contributed by atoms with Crippen molar-refractivity contribution in [2.75, 3.05) is 11.4 Å². The van der Waals surface area contributed by atoms with E-state index in [1.165, 1.54) is 11.6 Å². The summed E-state index contributed by atoms with van der Waals surface area (Å²) in [6.45, 7) is 4.53. The minimum absolute atomic E-state index is 0.0146. The average molecular weight is 361 g/mol. The van der Waals surface area contributed by atoms with Crippen LogP contribution in [-0.2, 0) is 17.6 Å². The predicted octanol–water partition coefficient (Wildman–Crippen LogP) is 5.26. The molecule has 3 aromatic carbocycles. The zero-order valence-corrected chi connectivity index (χ0v) is 15.8. The highest BCUT2D eigenvalue weighted by Crippen LogP contribution is 2.21. The molecule has 0 aliphatic carbocycles. The number of halogens is 1. The van der Waals surface area contributed by atoms with Crippen molar-refractivity contribution in [2.24, 2.45) is 0 Å². The van der Waals surface area contributed by atoms with Gasteiger partial charge in [-0.15, -0.1) is 0 Å². The fourth-order valence-corrected chi connectivity index (χ4v) is 3.09. The van der Waals surface area contributed by atoms with Crippen molar-refractivity contribution in [1.29, 1.82) is 0 Å². The van der Waals surface area contributed by atoms with Crippen LogP contribution in [0.2, 0.25) is 0 Å². The van der Waals surface area contributed by atoms with E-state index in [9.17, 15) is 9.18 Å². The van der Waals surface area contributed by atoms with E-state index < -0.39 is 0 Å². The van der Waals surface area contributed by atoms with Crippen LogP contribution in [0.4, 0.5) is 10.1 Å². The molecule has 0 N–H and O–H groups in total. The van der Waals surface area contributed by atoms with E-state index in [0.29, 0.717) is 24.9 Å². The predicted molar refractivity (Wildman–Crippen MR) is 109 cm³/mol. The standard InChI is InChI=1S/C24H24FNO/c1-18-12-13-22(16-19(18)2)26(15-14-21-10-6-7-11-23(21)25)24(27)17-20-8-4-3-5-9-20/h3-13,16H,14-15,17H2,1-2H3. The van der Waals surface area contributed by atoms with Gasteiger partial charge in [-0.1, -0.05) is 54.6 Å². The molecule has 0 aromatic heterocycles. The Hall–Kier alpha value is -2.94. The third-order valence-electron chi connectivity index (χ3n) is 4.86. The fraction of sp³-hybridized carbons (Fsp3) is 0.208. The molecule has 3 heteroatoms. The molecule has 0 spiro atoms. The molecule has 138 valence electrons. The lowest BCUT2D eigenvalue weighted by Gasteiger charge is -2.24. The molecule has 0 aliphatic heterocycles. The Kier molecular flexibility index (Phi) is 6.02. The second-order valence-corrected chi connectivity index (χ2v) is 6.82. The monoisotopic (exact) mass is 361 g/mol. The first-order valence-corrected chi connectivity index (χ1v) is 9.19. The minimum atomic E-state index is -0.229. The first-order valence-electron chi connectivity index (χ1n) is 9.19. The summed E-state index contributed by atoms with van der Waals surface area (Å²) in [6.07, 6.45) is 0.797. The molecule has 2 nitrogen and oxygen atoms in total. The Morgan fingerprint density at radius 2 is 1.59 bits per heavy atom. The molecule has 0 aliphatic rings. The molecule has 0 radical (unpaired) electrons. The highest BCUT2D eigenvalue weighted by atomic mass is 19.1. The van der Waals surface area contributed by atoms with E-state index in [-0.39, 0.29) is 11.7 Å². The molecule has 27 heavy (non-hydrogen) atoms. The number of anilines is 1. The maximum atomic E-state index is 14.0. The molecule has 3 aromatic rings. The lowest BCUT2D eigenvalue weighted by molar-refractivity contribution is -0.118. The third kappa shape index (κ3) is 4.82. The minimum Gasteiger partial charge on any atom is -0.312 e. The van der Waals surface area contributed by atoms with Crippen molar-refractivity contribution in [3.8, 4) is 0 Å². The van der Waals surface area contributed by atoms with Gasteiger partial charge in [0.15, 0.2) is 0 Å². The first kappa shape index (κ1) is 18.8. The number of aryl methyl sites for hydroxylation is 2. The summed E-state index contributed by atoms with van der Waals surface area (Å²) < 4.78 is 14.0. The number of carbonyl (C=O) groups is 1. The molecular weight excluding hydrogens is 337 g/mol. The summed E-state index contributed by atoms with van der Waals surface area (Å²) in [5, 5.41) is 0. The lowest BCUT2D eigenvalue weighted by atomic mass is 10.1. The van der Waals surface area contributed by atoms with Crippen molar-refractivity contribution in [3.05, 3.63) is 101 Å². The highest BCUT2D eigenvalue weighted by Gasteiger charge is 2.17. The summed E-state index contributed by atoms with van der Waals surface area (Å²) in [7, 11) is 0. The zero-order valence-electron chi connectivity index (χ0n) is 15.8. The number of amides is 1. The molecule has 0 heterocycles. The van der Waals surface area contributed by atoms with Gasteiger partial charge in [-0.2, -0.15) is 0 Å². The van der Waals surface area contributed by atoms with Crippen LogP contribution < -0.4 is 4.90 Å². The van der Waals surface area contributed by atoms with Crippen molar-refractivity contribution in [2.45, 2.75) is 26.7 Å². The number of nitrogens with zero attached hydrogens (tertiary/aromatic N) is 1. The lowest BCUT2D eigenvalue weighted by Crippen LogP contribution is -2.34. The maximum absolute atomic E-state index is 14.0. The molecule has 0 fully saturated rings. The van der Waals surface area contributed by atoms with Crippen molar-refractivity contribution in [1.82, 2.24) is 0 Å². The topological polar surface area (TPSA) is 20.3 Å². The second kappa shape index (κ2) is 8.63. The summed E-state index contributed by atoms with van der Waals surface area (Å²) in [5.41, 5.74) is 4.77. The van der Waals surface area contributed by atoms with Gasteiger partial charge in [-0.25, -0.2) is 4.39 Å². The van der Waals surface area contributed by atoms with Gasteiger partial charge in [0, 0.05) is 12.2 Å². The smallest absolute Gasteiger partial charge is 0.231 e. The van der Waals surface area contributed by atoms with Gasteiger partial charge in [-0.05, 0) is 60.7 Å². The SMILES string of the molecule is Cc1ccc(N(CCc2ccccc2F)C(=O)Cc2ccccc2)cc1C. The van der Waals surface area contributed by atoms with E-state index in [0.717, 1.165) is 16.8 Å². The Morgan fingerprint density at radius 1 is 0.889 bits per heavy atom. The number of benzene rings is 3. The van der Waals surface area contributed by atoms with Crippen LogP contribution in [0.1, 0.15) is 22.3 Å². The summed E-state index contributed by atoms with van der Waals surface area (Å²) >= 11 is 0. The van der Waals surface area contributed by atoms with E-state index in [2.05, 4.69) is 6.92 Å². The first-order chi connectivity index (χ1) is 13.0. The maximum Gasteiger partial charge on any atom is 0.231 e. The van der Waals surface area contributed by atoms with Crippen molar-refractivity contribution < 1.29 is 9.18 Å². The zero-order chi connectivity index (χ0) is 19.2. The molecule has 0 unspecified atom stereocenters. The van der Waals surface area contributed by atoms with E-state index >= 15 is 0 Å². The number of carbonyl (C=O) groups excluding carboxylic acids is 1. The number of hydrogen-bond donors (Lipinski definition) is 0. The summed E-state index contributed by atoms with van der Waals surface area (Å²) in [4.78, 5) is 14.8. The Balaban J connectivity index is 1.84.